The molecule has 19 heavy (non-hydrogen) atoms. The van der Waals surface area contributed by atoms with Gasteiger partial charge in [-0.15, -0.1) is 0 Å². The lowest BCUT2D eigenvalue weighted by molar-refractivity contribution is 0.0854. The van der Waals surface area contributed by atoms with Gasteiger partial charge in [0.15, 0.2) is 0 Å². The summed E-state index contributed by atoms with van der Waals surface area (Å²) in [6, 6.07) is 8.36. The van der Waals surface area contributed by atoms with E-state index in [0.717, 1.165) is 26.2 Å². The molecule has 0 amide bonds. The van der Waals surface area contributed by atoms with Gasteiger partial charge in [0.1, 0.15) is 0 Å². The lowest BCUT2D eigenvalue weighted by Crippen LogP contribution is -2.47. The summed E-state index contributed by atoms with van der Waals surface area (Å²) >= 11 is 0. The number of halogens is 2. The van der Waals surface area contributed by atoms with Crippen molar-refractivity contribution < 1.29 is 8.78 Å². The van der Waals surface area contributed by atoms with E-state index < -0.39 is 6.43 Å². The van der Waals surface area contributed by atoms with Gasteiger partial charge in [0.05, 0.1) is 6.54 Å². The first-order valence-electron chi connectivity index (χ1n) is 6.97. The van der Waals surface area contributed by atoms with E-state index in [0.29, 0.717) is 0 Å². The number of alkyl halides is 2. The SMILES string of the molecule is CC.Cc1ccc(N2CCN(CC(F)F)CC2)cc1. The van der Waals surface area contributed by atoms with E-state index in [1.165, 1.54) is 11.3 Å². The molecule has 1 aromatic carbocycles. The van der Waals surface area contributed by atoms with Gasteiger partial charge < -0.3 is 4.90 Å². The maximum atomic E-state index is 12.2. The lowest BCUT2D eigenvalue weighted by atomic mass is 10.2. The molecule has 1 heterocycles. The van der Waals surface area contributed by atoms with E-state index in [-0.39, 0.29) is 6.54 Å². The van der Waals surface area contributed by atoms with Gasteiger partial charge in [-0.1, -0.05) is 31.5 Å². The molecule has 0 aromatic heterocycles. The van der Waals surface area contributed by atoms with Crippen molar-refractivity contribution in [2.45, 2.75) is 27.2 Å². The number of piperazine rings is 1. The molecule has 4 heteroatoms. The first kappa shape index (κ1) is 15.9. The smallest absolute Gasteiger partial charge is 0.251 e. The fourth-order valence-corrected chi connectivity index (χ4v) is 2.14. The fourth-order valence-electron chi connectivity index (χ4n) is 2.14. The number of anilines is 1. The lowest BCUT2D eigenvalue weighted by Gasteiger charge is -2.35. The number of nitrogens with zero attached hydrogens (tertiary/aromatic N) is 2. The standard InChI is InChI=1S/C13H18F2N2.C2H6/c1-11-2-4-12(5-3-11)17-8-6-16(7-9-17)10-13(14)15;1-2/h2-5,13H,6-10H2,1H3;1-2H3. The molecular formula is C15H24F2N2. The molecule has 1 aromatic rings. The van der Waals surface area contributed by atoms with Crippen LogP contribution >= 0.6 is 0 Å². The second kappa shape index (κ2) is 8.10. The van der Waals surface area contributed by atoms with Crippen LogP contribution in [0.25, 0.3) is 0 Å². The number of aryl methyl sites for hydroxylation is 1. The molecule has 0 spiro atoms. The summed E-state index contributed by atoms with van der Waals surface area (Å²) in [5.41, 5.74) is 2.43. The normalized spacial score (nSPS) is 16.2. The van der Waals surface area contributed by atoms with E-state index in [9.17, 15) is 8.78 Å². The zero-order valence-electron chi connectivity index (χ0n) is 12.1. The van der Waals surface area contributed by atoms with E-state index in [2.05, 4.69) is 36.1 Å². The molecule has 0 atom stereocenters. The van der Waals surface area contributed by atoms with Crippen molar-refractivity contribution in [1.82, 2.24) is 4.90 Å². The van der Waals surface area contributed by atoms with E-state index in [1.807, 2.05) is 18.7 Å². The molecular weight excluding hydrogens is 246 g/mol. The number of hydrogen-bond acceptors (Lipinski definition) is 2. The molecule has 0 unspecified atom stereocenters. The minimum Gasteiger partial charge on any atom is -0.369 e. The third-order valence-corrected chi connectivity index (χ3v) is 3.17. The highest BCUT2D eigenvalue weighted by molar-refractivity contribution is 5.47. The average Bonchev–Trinajstić information content (AvgIpc) is 2.42. The number of hydrogen-bond donors (Lipinski definition) is 0. The van der Waals surface area contributed by atoms with Crippen molar-refractivity contribution in [2.24, 2.45) is 0 Å². The van der Waals surface area contributed by atoms with Crippen molar-refractivity contribution in [3.8, 4) is 0 Å². The van der Waals surface area contributed by atoms with Crippen molar-refractivity contribution in [3.05, 3.63) is 29.8 Å². The summed E-state index contributed by atoms with van der Waals surface area (Å²) in [6.45, 7) is 9.06. The molecule has 1 aliphatic rings. The molecule has 1 fully saturated rings. The first-order chi connectivity index (χ1) is 9.15. The van der Waals surface area contributed by atoms with Gasteiger partial charge in [-0.2, -0.15) is 0 Å². The summed E-state index contributed by atoms with van der Waals surface area (Å²) in [7, 11) is 0. The van der Waals surface area contributed by atoms with Gasteiger partial charge in [-0.05, 0) is 19.1 Å². The Morgan fingerprint density at radius 2 is 1.53 bits per heavy atom. The molecule has 2 nitrogen and oxygen atoms in total. The monoisotopic (exact) mass is 270 g/mol. The predicted octanol–water partition coefficient (Wildman–Crippen LogP) is 3.41. The molecule has 0 radical (unpaired) electrons. The molecule has 108 valence electrons. The Bertz CT molecular complexity index is 344. The van der Waals surface area contributed by atoms with Gasteiger partial charge in [0.2, 0.25) is 0 Å². The highest BCUT2D eigenvalue weighted by Gasteiger charge is 2.19. The summed E-state index contributed by atoms with van der Waals surface area (Å²) in [6.07, 6.45) is -2.22. The summed E-state index contributed by atoms with van der Waals surface area (Å²) in [5, 5.41) is 0. The van der Waals surface area contributed by atoms with Crippen molar-refractivity contribution in [3.63, 3.8) is 0 Å². The Morgan fingerprint density at radius 3 is 2.00 bits per heavy atom. The van der Waals surface area contributed by atoms with Gasteiger partial charge in [0.25, 0.3) is 6.43 Å². The maximum Gasteiger partial charge on any atom is 0.251 e. The molecule has 0 N–H and O–H groups in total. The second-order valence-electron chi connectivity index (χ2n) is 4.51. The Morgan fingerprint density at radius 1 is 1.00 bits per heavy atom. The Hall–Kier alpha value is -1.16. The van der Waals surface area contributed by atoms with Gasteiger partial charge >= 0.3 is 0 Å². The van der Waals surface area contributed by atoms with Crippen LogP contribution in [0.15, 0.2) is 24.3 Å². The summed E-state index contributed by atoms with van der Waals surface area (Å²) < 4.78 is 24.5. The summed E-state index contributed by atoms with van der Waals surface area (Å²) in [5.74, 6) is 0. The van der Waals surface area contributed by atoms with Crippen LogP contribution < -0.4 is 4.90 Å². The quantitative estimate of drug-likeness (QED) is 0.830. The van der Waals surface area contributed by atoms with Crippen LogP contribution in [0, 0.1) is 6.92 Å². The largest absolute Gasteiger partial charge is 0.369 e. The molecule has 2 rings (SSSR count). The van der Waals surface area contributed by atoms with Crippen LogP contribution in [0.2, 0.25) is 0 Å². The predicted molar refractivity (Wildman–Crippen MR) is 77.2 cm³/mol. The zero-order valence-corrected chi connectivity index (χ0v) is 12.1. The molecule has 0 aliphatic carbocycles. The van der Waals surface area contributed by atoms with Crippen molar-refractivity contribution in [2.75, 3.05) is 37.6 Å². The minimum atomic E-state index is -2.22. The van der Waals surface area contributed by atoms with Crippen LogP contribution in [0.4, 0.5) is 14.5 Å². The molecule has 0 saturated carbocycles. The highest BCUT2D eigenvalue weighted by Crippen LogP contribution is 2.17. The second-order valence-corrected chi connectivity index (χ2v) is 4.51. The van der Waals surface area contributed by atoms with Crippen LogP contribution in [0.5, 0.6) is 0 Å². The minimum absolute atomic E-state index is 0.0955. The van der Waals surface area contributed by atoms with E-state index in [4.69, 9.17) is 0 Å². The molecule has 1 saturated heterocycles. The molecule has 0 bridgehead atoms. The number of benzene rings is 1. The van der Waals surface area contributed by atoms with Crippen LogP contribution in [-0.2, 0) is 0 Å². The van der Waals surface area contributed by atoms with Gasteiger partial charge in [0, 0.05) is 31.9 Å². The Kier molecular flexibility index (Phi) is 6.78. The fraction of sp³-hybridized carbons (Fsp3) is 0.600. The van der Waals surface area contributed by atoms with E-state index in [1.54, 1.807) is 0 Å². The van der Waals surface area contributed by atoms with Crippen molar-refractivity contribution in [1.29, 1.82) is 0 Å². The van der Waals surface area contributed by atoms with Crippen molar-refractivity contribution >= 4 is 5.69 Å². The Balaban J connectivity index is 0.000000861. The van der Waals surface area contributed by atoms with Gasteiger partial charge in [-0.25, -0.2) is 8.78 Å². The van der Waals surface area contributed by atoms with E-state index >= 15 is 0 Å². The first-order valence-corrected chi connectivity index (χ1v) is 6.97. The maximum absolute atomic E-state index is 12.2. The topological polar surface area (TPSA) is 6.48 Å². The zero-order chi connectivity index (χ0) is 14.3. The molecule has 1 aliphatic heterocycles. The highest BCUT2D eigenvalue weighted by atomic mass is 19.3. The average molecular weight is 270 g/mol. The third-order valence-electron chi connectivity index (χ3n) is 3.17. The van der Waals surface area contributed by atoms with Crippen LogP contribution in [0.1, 0.15) is 19.4 Å². The van der Waals surface area contributed by atoms with Crippen LogP contribution in [-0.4, -0.2) is 44.0 Å². The van der Waals surface area contributed by atoms with Gasteiger partial charge in [-0.3, -0.25) is 4.90 Å². The summed E-state index contributed by atoms with van der Waals surface area (Å²) in [4.78, 5) is 4.08. The Labute approximate surface area is 115 Å². The van der Waals surface area contributed by atoms with Crippen LogP contribution in [0.3, 0.4) is 0 Å². The number of rotatable bonds is 3. The third kappa shape index (κ3) is 5.15.